The van der Waals surface area contributed by atoms with Crippen molar-refractivity contribution in [1.29, 1.82) is 0 Å². The summed E-state index contributed by atoms with van der Waals surface area (Å²) in [5.41, 5.74) is 1.30. The zero-order valence-corrected chi connectivity index (χ0v) is 13.8. The molecule has 1 aliphatic rings. The maximum atomic E-state index is 5.40. The van der Waals surface area contributed by atoms with Crippen molar-refractivity contribution in [1.82, 2.24) is 4.90 Å². The van der Waals surface area contributed by atoms with Gasteiger partial charge in [-0.1, -0.05) is 51.2 Å². The van der Waals surface area contributed by atoms with E-state index < -0.39 is 0 Å². The van der Waals surface area contributed by atoms with E-state index in [1.165, 1.54) is 14.4 Å². The lowest BCUT2D eigenvalue weighted by Crippen LogP contribution is -2.27. The van der Waals surface area contributed by atoms with E-state index in [-0.39, 0.29) is 0 Å². The van der Waals surface area contributed by atoms with Crippen LogP contribution in [0.25, 0.3) is 0 Å². The summed E-state index contributed by atoms with van der Waals surface area (Å²) < 4.78 is 13.0. The normalized spacial score (nSPS) is 13.4. The van der Waals surface area contributed by atoms with Gasteiger partial charge in [0.25, 0.3) is 0 Å². The third-order valence-corrected chi connectivity index (χ3v) is 3.61. The van der Waals surface area contributed by atoms with E-state index in [1.54, 1.807) is 0 Å². The number of rotatable bonds is 6. The molecule has 94 valence electrons. The van der Waals surface area contributed by atoms with E-state index in [2.05, 4.69) is 62.2 Å². The molecule has 0 radical (unpaired) electrons. The smallest absolute Gasteiger partial charge is 0.231 e. The Labute approximate surface area is 129 Å². The van der Waals surface area contributed by atoms with Gasteiger partial charge in [-0.3, -0.25) is 4.90 Å². The average molecular weight is 459 g/mol. The molecule has 3 nitrogen and oxygen atoms in total. The molecule has 0 aromatic heterocycles. The van der Waals surface area contributed by atoms with Gasteiger partial charge in [-0.2, -0.15) is 0 Å². The van der Waals surface area contributed by atoms with E-state index >= 15 is 0 Å². The van der Waals surface area contributed by atoms with Crippen LogP contribution >= 0.6 is 45.2 Å². The van der Waals surface area contributed by atoms with Gasteiger partial charge in [0.05, 0.1) is 0 Å². The van der Waals surface area contributed by atoms with Crippen molar-refractivity contribution in [3.8, 4) is 11.5 Å². The monoisotopic (exact) mass is 459 g/mol. The number of ether oxygens (including phenoxy) is 2. The van der Waals surface area contributed by atoms with Crippen molar-refractivity contribution >= 4 is 45.2 Å². The summed E-state index contributed by atoms with van der Waals surface area (Å²) >= 11 is 4.85. The van der Waals surface area contributed by atoms with Gasteiger partial charge < -0.3 is 9.47 Å². The lowest BCUT2D eigenvalue weighted by atomic mass is 10.2. The molecule has 1 heterocycles. The number of alkyl halides is 2. The SMILES string of the molecule is ICCN(CCI)Cc1ccc2c(c1)OCO2. The number of hydrogen-bond acceptors (Lipinski definition) is 3. The maximum Gasteiger partial charge on any atom is 0.231 e. The van der Waals surface area contributed by atoms with E-state index in [0.29, 0.717) is 6.79 Å². The van der Waals surface area contributed by atoms with Crippen molar-refractivity contribution in [2.45, 2.75) is 6.54 Å². The molecule has 2 rings (SSSR count). The molecule has 0 unspecified atom stereocenters. The van der Waals surface area contributed by atoms with Crippen LogP contribution in [0.4, 0.5) is 0 Å². The first-order valence-electron chi connectivity index (χ1n) is 5.56. The number of nitrogens with zero attached hydrogens (tertiary/aromatic N) is 1. The van der Waals surface area contributed by atoms with Crippen molar-refractivity contribution in [3.05, 3.63) is 23.8 Å². The molecule has 1 aromatic rings. The first kappa shape index (κ1) is 13.7. The predicted octanol–water partition coefficient (Wildman–Crippen LogP) is 3.09. The van der Waals surface area contributed by atoms with Crippen LogP contribution in [0.15, 0.2) is 18.2 Å². The standard InChI is InChI=1S/C12H15I2NO2/c13-3-5-15(6-4-14)8-10-1-2-11-12(7-10)17-9-16-11/h1-2,7H,3-6,8-9H2. The van der Waals surface area contributed by atoms with Crippen molar-refractivity contribution in [3.63, 3.8) is 0 Å². The highest BCUT2D eigenvalue weighted by atomic mass is 127. The fraction of sp³-hybridized carbons (Fsp3) is 0.500. The summed E-state index contributed by atoms with van der Waals surface area (Å²) in [7, 11) is 0. The third kappa shape index (κ3) is 3.85. The largest absolute Gasteiger partial charge is 0.454 e. The lowest BCUT2D eigenvalue weighted by Gasteiger charge is -2.20. The first-order valence-corrected chi connectivity index (χ1v) is 8.61. The summed E-state index contributed by atoms with van der Waals surface area (Å²) in [4.78, 5) is 2.47. The van der Waals surface area contributed by atoms with Crippen molar-refractivity contribution in [2.75, 3.05) is 28.7 Å². The molecule has 0 atom stereocenters. The number of benzene rings is 1. The van der Waals surface area contributed by atoms with Gasteiger partial charge in [0.15, 0.2) is 11.5 Å². The van der Waals surface area contributed by atoms with Crippen molar-refractivity contribution in [2.24, 2.45) is 0 Å². The van der Waals surface area contributed by atoms with Crippen LogP contribution in [0.2, 0.25) is 0 Å². The summed E-state index contributed by atoms with van der Waals surface area (Å²) in [5, 5.41) is 0. The number of halogens is 2. The molecule has 1 aliphatic heterocycles. The molecule has 0 aliphatic carbocycles. The maximum absolute atomic E-state index is 5.40. The zero-order valence-electron chi connectivity index (χ0n) is 9.49. The fourth-order valence-corrected chi connectivity index (χ4v) is 3.17. The molecule has 0 N–H and O–H groups in total. The van der Waals surface area contributed by atoms with Crippen LogP contribution in [0.1, 0.15) is 5.56 Å². The zero-order chi connectivity index (χ0) is 12.1. The average Bonchev–Trinajstić information content (AvgIpc) is 2.77. The Morgan fingerprint density at radius 2 is 1.76 bits per heavy atom. The quantitative estimate of drug-likeness (QED) is 0.483. The Kier molecular flexibility index (Phi) is 5.61. The highest BCUT2D eigenvalue weighted by molar-refractivity contribution is 14.1. The molecule has 0 saturated heterocycles. The van der Waals surface area contributed by atoms with Crippen LogP contribution in [0.3, 0.4) is 0 Å². The number of fused-ring (bicyclic) bond motifs is 1. The Balaban J connectivity index is 2.01. The van der Waals surface area contributed by atoms with Gasteiger partial charge >= 0.3 is 0 Å². The Morgan fingerprint density at radius 1 is 1.06 bits per heavy atom. The minimum Gasteiger partial charge on any atom is -0.454 e. The summed E-state index contributed by atoms with van der Waals surface area (Å²) in [6.45, 7) is 3.61. The first-order chi connectivity index (χ1) is 8.33. The third-order valence-electron chi connectivity index (χ3n) is 2.64. The van der Waals surface area contributed by atoms with E-state index in [0.717, 1.165) is 31.1 Å². The highest BCUT2D eigenvalue weighted by Gasteiger charge is 2.14. The molecule has 0 spiro atoms. The second-order valence-corrected chi connectivity index (χ2v) is 6.00. The second kappa shape index (κ2) is 6.98. The Morgan fingerprint density at radius 3 is 2.47 bits per heavy atom. The van der Waals surface area contributed by atoms with Gasteiger partial charge in [-0.25, -0.2) is 0 Å². The second-order valence-electron chi connectivity index (χ2n) is 3.84. The molecule has 0 bridgehead atoms. The molecule has 0 saturated carbocycles. The number of hydrogen-bond donors (Lipinski definition) is 0. The van der Waals surface area contributed by atoms with Crippen LogP contribution in [0, 0.1) is 0 Å². The minimum atomic E-state index is 0.351. The predicted molar refractivity (Wildman–Crippen MR) is 85.6 cm³/mol. The molecule has 1 aromatic carbocycles. The molecule has 0 amide bonds. The molecule has 0 fully saturated rings. The molecule has 17 heavy (non-hydrogen) atoms. The van der Waals surface area contributed by atoms with E-state index in [9.17, 15) is 0 Å². The minimum absolute atomic E-state index is 0.351. The van der Waals surface area contributed by atoms with Crippen LogP contribution in [-0.4, -0.2) is 33.6 Å². The Hall–Kier alpha value is 0.240. The van der Waals surface area contributed by atoms with Gasteiger partial charge in [0.2, 0.25) is 6.79 Å². The Bertz CT molecular complexity index is 368. The van der Waals surface area contributed by atoms with Crippen LogP contribution in [0.5, 0.6) is 11.5 Å². The van der Waals surface area contributed by atoms with Gasteiger partial charge in [-0.05, 0) is 17.7 Å². The topological polar surface area (TPSA) is 21.7 Å². The molecular formula is C12H15I2NO2. The van der Waals surface area contributed by atoms with Gasteiger partial charge in [0, 0.05) is 28.5 Å². The van der Waals surface area contributed by atoms with Gasteiger partial charge in [-0.15, -0.1) is 0 Å². The summed E-state index contributed by atoms with van der Waals surface area (Å²) in [6, 6.07) is 6.22. The summed E-state index contributed by atoms with van der Waals surface area (Å²) in [6.07, 6.45) is 0. The highest BCUT2D eigenvalue weighted by Crippen LogP contribution is 2.32. The molecule has 5 heteroatoms. The van der Waals surface area contributed by atoms with Crippen LogP contribution < -0.4 is 9.47 Å². The van der Waals surface area contributed by atoms with Crippen LogP contribution in [-0.2, 0) is 6.54 Å². The molecular weight excluding hydrogens is 444 g/mol. The summed E-state index contributed by atoms with van der Waals surface area (Å²) in [5.74, 6) is 1.74. The van der Waals surface area contributed by atoms with Gasteiger partial charge in [0.1, 0.15) is 0 Å². The lowest BCUT2D eigenvalue weighted by molar-refractivity contribution is 0.174. The van der Waals surface area contributed by atoms with E-state index in [1.807, 2.05) is 6.07 Å². The van der Waals surface area contributed by atoms with E-state index in [4.69, 9.17) is 9.47 Å². The van der Waals surface area contributed by atoms with Crippen molar-refractivity contribution < 1.29 is 9.47 Å². The fourth-order valence-electron chi connectivity index (χ4n) is 1.81.